The fourth-order valence-electron chi connectivity index (χ4n) is 0.743. The highest BCUT2D eigenvalue weighted by molar-refractivity contribution is 8.00. The van der Waals surface area contributed by atoms with Crippen molar-refractivity contribution in [1.29, 1.82) is 0 Å². The first-order valence-electron chi connectivity index (χ1n) is 3.83. The van der Waals surface area contributed by atoms with E-state index in [0.29, 0.717) is 11.6 Å². The summed E-state index contributed by atoms with van der Waals surface area (Å²) in [7, 11) is 0. The lowest BCUT2D eigenvalue weighted by Gasteiger charge is -1.96. The predicted molar refractivity (Wildman–Crippen MR) is 53.9 cm³/mol. The van der Waals surface area contributed by atoms with Gasteiger partial charge >= 0.3 is 0 Å². The average molecular weight is 194 g/mol. The van der Waals surface area contributed by atoms with Crippen LogP contribution in [0.1, 0.15) is 10.6 Å². The third-order valence-electron chi connectivity index (χ3n) is 1.28. The van der Waals surface area contributed by atoms with Crippen molar-refractivity contribution in [1.82, 2.24) is 9.97 Å². The zero-order valence-corrected chi connectivity index (χ0v) is 7.96. The Hall–Kier alpha value is -1.16. The first-order valence-corrected chi connectivity index (χ1v) is 4.99. The van der Waals surface area contributed by atoms with Crippen LogP contribution in [0, 0.1) is 0 Å². The quantitative estimate of drug-likeness (QED) is 0.405. The zero-order chi connectivity index (χ0) is 9.52. The van der Waals surface area contributed by atoms with E-state index >= 15 is 0 Å². The van der Waals surface area contributed by atoms with E-state index in [4.69, 9.17) is 0 Å². The number of rotatable bonds is 5. The van der Waals surface area contributed by atoms with Gasteiger partial charge in [0.1, 0.15) is 0 Å². The number of ketones is 1. The number of carbonyl (C=O) groups is 1. The summed E-state index contributed by atoms with van der Waals surface area (Å²) in [6, 6.07) is 1.69. The molecule has 0 bridgehead atoms. The SMILES string of the molecule is C=CCSCC(=O)c1ncccn1. The van der Waals surface area contributed by atoms with Crippen molar-refractivity contribution in [3.63, 3.8) is 0 Å². The van der Waals surface area contributed by atoms with Crippen molar-refractivity contribution < 1.29 is 4.79 Å². The lowest BCUT2D eigenvalue weighted by atomic mass is 10.4. The van der Waals surface area contributed by atoms with Crippen LogP contribution >= 0.6 is 11.8 Å². The number of Topliss-reactive ketones (excluding diaryl/α,β-unsaturated/α-hetero) is 1. The monoisotopic (exact) mass is 194 g/mol. The van der Waals surface area contributed by atoms with Crippen LogP contribution in [-0.4, -0.2) is 27.3 Å². The maximum Gasteiger partial charge on any atom is 0.209 e. The highest BCUT2D eigenvalue weighted by Gasteiger charge is 2.06. The molecule has 68 valence electrons. The fourth-order valence-corrected chi connectivity index (χ4v) is 1.34. The van der Waals surface area contributed by atoms with Gasteiger partial charge in [0.15, 0.2) is 5.82 Å². The molecule has 0 N–H and O–H groups in total. The summed E-state index contributed by atoms with van der Waals surface area (Å²) in [5.74, 6) is 1.45. The molecule has 0 spiro atoms. The van der Waals surface area contributed by atoms with Gasteiger partial charge in [-0.3, -0.25) is 4.79 Å². The second kappa shape index (κ2) is 5.48. The van der Waals surface area contributed by atoms with E-state index in [-0.39, 0.29) is 5.78 Å². The van der Waals surface area contributed by atoms with E-state index in [9.17, 15) is 4.79 Å². The molecule has 0 saturated heterocycles. The van der Waals surface area contributed by atoms with Crippen molar-refractivity contribution in [3.05, 3.63) is 36.9 Å². The molecule has 1 aromatic heterocycles. The third-order valence-corrected chi connectivity index (χ3v) is 2.22. The number of carbonyl (C=O) groups excluding carboxylic acids is 1. The first-order chi connectivity index (χ1) is 6.34. The molecule has 0 aliphatic carbocycles. The van der Waals surface area contributed by atoms with Crippen LogP contribution in [0.15, 0.2) is 31.1 Å². The van der Waals surface area contributed by atoms with Crippen molar-refractivity contribution in [2.45, 2.75) is 0 Å². The number of nitrogens with zero attached hydrogens (tertiary/aromatic N) is 2. The Labute approximate surface area is 81.3 Å². The summed E-state index contributed by atoms with van der Waals surface area (Å²) >= 11 is 1.51. The van der Waals surface area contributed by atoms with E-state index in [1.165, 1.54) is 11.8 Å². The van der Waals surface area contributed by atoms with Crippen molar-refractivity contribution >= 4 is 17.5 Å². The van der Waals surface area contributed by atoms with Gasteiger partial charge in [0.05, 0.1) is 5.75 Å². The topological polar surface area (TPSA) is 42.9 Å². The Kier molecular flexibility index (Phi) is 4.18. The lowest BCUT2D eigenvalue weighted by molar-refractivity contribution is 0.101. The molecule has 0 aromatic carbocycles. The zero-order valence-electron chi connectivity index (χ0n) is 7.14. The van der Waals surface area contributed by atoms with Crippen LogP contribution in [0.2, 0.25) is 0 Å². The predicted octanol–water partition coefficient (Wildman–Crippen LogP) is 1.58. The average Bonchev–Trinajstić information content (AvgIpc) is 2.19. The Morgan fingerprint density at radius 3 is 2.85 bits per heavy atom. The van der Waals surface area contributed by atoms with E-state index < -0.39 is 0 Å². The highest BCUT2D eigenvalue weighted by Crippen LogP contribution is 2.02. The van der Waals surface area contributed by atoms with Gasteiger partial charge < -0.3 is 0 Å². The second-order valence-electron chi connectivity index (χ2n) is 2.30. The Morgan fingerprint density at radius 2 is 2.23 bits per heavy atom. The molecule has 0 saturated carbocycles. The van der Waals surface area contributed by atoms with Gasteiger partial charge in [0.2, 0.25) is 5.78 Å². The normalized spacial score (nSPS) is 9.54. The smallest absolute Gasteiger partial charge is 0.209 e. The maximum atomic E-state index is 11.3. The summed E-state index contributed by atoms with van der Waals surface area (Å²) < 4.78 is 0. The minimum Gasteiger partial charge on any atom is -0.290 e. The van der Waals surface area contributed by atoms with Crippen LogP contribution < -0.4 is 0 Å². The summed E-state index contributed by atoms with van der Waals surface area (Å²) in [4.78, 5) is 19.1. The minimum atomic E-state index is -0.0348. The van der Waals surface area contributed by atoms with Crippen molar-refractivity contribution in [3.8, 4) is 0 Å². The molecule has 0 fully saturated rings. The van der Waals surface area contributed by atoms with Crippen LogP contribution in [-0.2, 0) is 0 Å². The largest absolute Gasteiger partial charge is 0.290 e. The van der Waals surface area contributed by atoms with Crippen molar-refractivity contribution in [2.75, 3.05) is 11.5 Å². The number of thioether (sulfide) groups is 1. The van der Waals surface area contributed by atoms with Crippen LogP contribution in [0.25, 0.3) is 0 Å². The summed E-state index contributed by atoms with van der Waals surface area (Å²) in [6.45, 7) is 3.57. The van der Waals surface area contributed by atoms with Gasteiger partial charge in [-0.05, 0) is 6.07 Å². The number of hydrogen-bond acceptors (Lipinski definition) is 4. The van der Waals surface area contributed by atoms with E-state index in [2.05, 4.69) is 16.5 Å². The Morgan fingerprint density at radius 1 is 1.54 bits per heavy atom. The van der Waals surface area contributed by atoms with Gasteiger partial charge in [-0.1, -0.05) is 6.08 Å². The van der Waals surface area contributed by atoms with Gasteiger partial charge in [-0.15, -0.1) is 18.3 Å². The molecule has 3 nitrogen and oxygen atoms in total. The van der Waals surface area contributed by atoms with Crippen LogP contribution in [0.5, 0.6) is 0 Å². The molecule has 0 atom stereocenters. The number of aromatic nitrogens is 2. The van der Waals surface area contributed by atoms with E-state index in [1.54, 1.807) is 24.5 Å². The maximum absolute atomic E-state index is 11.3. The Bertz CT molecular complexity index is 287. The summed E-state index contributed by atoms with van der Waals surface area (Å²) in [5, 5.41) is 0. The van der Waals surface area contributed by atoms with Gasteiger partial charge in [-0.2, -0.15) is 0 Å². The highest BCUT2D eigenvalue weighted by atomic mass is 32.2. The van der Waals surface area contributed by atoms with Gasteiger partial charge in [0, 0.05) is 18.1 Å². The summed E-state index contributed by atoms with van der Waals surface area (Å²) in [6.07, 6.45) is 4.90. The molecule has 0 aliphatic heterocycles. The second-order valence-corrected chi connectivity index (χ2v) is 3.33. The number of hydrogen-bond donors (Lipinski definition) is 0. The molecule has 0 radical (unpaired) electrons. The summed E-state index contributed by atoms with van der Waals surface area (Å²) in [5.41, 5.74) is 0. The third kappa shape index (κ3) is 3.38. The molecule has 1 heterocycles. The standard InChI is InChI=1S/C9H10N2OS/c1-2-6-13-7-8(12)9-10-4-3-5-11-9/h2-5H,1,6-7H2. The fraction of sp³-hybridized carbons (Fsp3) is 0.222. The van der Waals surface area contributed by atoms with Crippen LogP contribution in [0.4, 0.5) is 0 Å². The first kappa shape index (κ1) is 9.92. The van der Waals surface area contributed by atoms with E-state index in [1.807, 2.05) is 0 Å². The molecule has 0 aliphatic rings. The molecule has 13 heavy (non-hydrogen) atoms. The molecule has 1 rings (SSSR count). The lowest BCUT2D eigenvalue weighted by Crippen LogP contribution is -2.07. The Balaban J connectivity index is 2.45. The molecular formula is C9H10N2OS. The molecule has 1 aromatic rings. The van der Waals surface area contributed by atoms with Gasteiger partial charge in [-0.25, -0.2) is 9.97 Å². The molecule has 0 unspecified atom stereocenters. The van der Waals surface area contributed by atoms with E-state index in [0.717, 1.165) is 5.75 Å². The molecule has 4 heteroatoms. The molecular weight excluding hydrogens is 184 g/mol. The van der Waals surface area contributed by atoms with Gasteiger partial charge in [0.25, 0.3) is 0 Å². The molecule has 0 amide bonds. The van der Waals surface area contributed by atoms with Crippen LogP contribution in [0.3, 0.4) is 0 Å². The minimum absolute atomic E-state index is 0.0348. The van der Waals surface area contributed by atoms with Crippen molar-refractivity contribution in [2.24, 2.45) is 0 Å².